The number of halogens is 2. The highest BCUT2D eigenvalue weighted by atomic mass is 35.5. The molecule has 1 heterocycles. The lowest BCUT2D eigenvalue weighted by molar-refractivity contribution is -0.121. The monoisotopic (exact) mass is 449 g/mol. The SMILES string of the molecule is COc1cc(/C=N/NC(=O)Cn2nnnc2N)ccc1OCc1ccc(Cl)cc1Cl. The average Bonchev–Trinajstić information content (AvgIpc) is 3.12. The van der Waals surface area contributed by atoms with Gasteiger partial charge in [0.25, 0.3) is 5.91 Å². The van der Waals surface area contributed by atoms with Crippen molar-refractivity contribution in [3.05, 3.63) is 57.6 Å². The number of carbonyl (C=O) groups is 1. The van der Waals surface area contributed by atoms with Crippen molar-refractivity contribution < 1.29 is 14.3 Å². The van der Waals surface area contributed by atoms with Crippen molar-refractivity contribution in [2.75, 3.05) is 12.8 Å². The van der Waals surface area contributed by atoms with Crippen LogP contribution in [0.5, 0.6) is 11.5 Å². The van der Waals surface area contributed by atoms with Gasteiger partial charge in [0.1, 0.15) is 13.2 Å². The van der Waals surface area contributed by atoms with Crippen molar-refractivity contribution in [1.82, 2.24) is 25.6 Å². The van der Waals surface area contributed by atoms with Gasteiger partial charge in [-0.25, -0.2) is 10.1 Å². The molecule has 0 aliphatic carbocycles. The van der Waals surface area contributed by atoms with Crippen LogP contribution in [0.4, 0.5) is 5.95 Å². The van der Waals surface area contributed by atoms with Crippen LogP contribution in [0.1, 0.15) is 11.1 Å². The van der Waals surface area contributed by atoms with Gasteiger partial charge in [0.15, 0.2) is 11.5 Å². The van der Waals surface area contributed by atoms with E-state index < -0.39 is 5.91 Å². The van der Waals surface area contributed by atoms with Crippen LogP contribution in [-0.4, -0.2) is 39.4 Å². The van der Waals surface area contributed by atoms with E-state index in [1.165, 1.54) is 13.3 Å². The molecule has 1 aromatic heterocycles. The van der Waals surface area contributed by atoms with E-state index in [-0.39, 0.29) is 19.1 Å². The van der Waals surface area contributed by atoms with Gasteiger partial charge in [-0.05, 0) is 46.3 Å². The molecule has 0 aliphatic rings. The summed E-state index contributed by atoms with van der Waals surface area (Å²) in [6.07, 6.45) is 1.46. The van der Waals surface area contributed by atoms with Crippen LogP contribution < -0.4 is 20.6 Å². The number of nitrogen functional groups attached to an aromatic ring is 1. The number of anilines is 1. The molecule has 0 atom stereocenters. The lowest BCUT2D eigenvalue weighted by atomic mass is 10.2. The summed E-state index contributed by atoms with van der Waals surface area (Å²) in [7, 11) is 1.52. The molecule has 3 rings (SSSR count). The third kappa shape index (κ3) is 5.58. The van der Waals surface area contributed by atoms with E-state index in [2.05, 4.69) is 26.1 Å². The molecule has 0 fully saturated rings. The fourth-order valence-corrected chi connectivity index (χ4v) is 2.82. The van der Waals surface area contributed by atoms with Crippen molar-refractivity contribution >= 4 is 41.3 Å². The predicted molar refractivity (Wildman–Crippen MR) is 112 cm³/mol. The zero-order valence-electron chi connectivity index (χ0n) is 15.7. The summed E-state index contributed by atoms with van der Waals surface area (Å²) >= 11 is 12.1. The second-order valence-corrected chi connectivity index (χ2v) is 6.77. The number of hydrazone groups is 1. The maximum atomic E-state index is 11.8. The van der Waals surface area contributed by atoms with Gasteiger partial charge in [0, 0.05) is 15.6 Å². The van der Waals surface area contributed by atoms with Crippen LogP contribution in [0.25, 0.3) is 0 Å². The Balaban J connectivity index is 1.59. The summed E-state index contributed by atoms with van der Waals surface area (Å²) in [5.41, 5.74) is 9.35. The van der Waals surface area contributed by atoms with Gasteiger partial charge in [-0.3, -0.25) is 4.79 Å². The molecule has 0 saturated carbocycles. The summed E-state index contributed by atoms with van der Waals surface area (Å²) in [5, 5.41) is 15.4. The largest absolute Gasteiger partial charge is 0.493 e. The van der Waals surface area contributed by atoms with Gasteiger partial charge in [0.2, 0.25) is 5.95 Å². The Hall–Kier alpha value is -3.37. The van der Waals surface area contributed by atoms with E-state index in [0.717, 1.165) is 10.2 Å². The van der Waals surface area contributed by atoms with Crippen LogP contribution in [0.3, 0.4) is 0 Å². The van der Waals surface area contributed by atoms with Gasteiger partial charge in [-0.1, -0.05) is 34.4 Å². The highest BCUT2D eigenvalue weighted by molar-refractivity contribution is 6.35. The van der Waals surface area contributed by atoms with E-state index in [0.29, 0.717) is 27.1 Å². The van der Waals surface area contributed by atoms with E-state index in [4.69, 9.17) is 38.4 Å². The number of carbonyl (C=O) groups excluding carboxylic acids is 1. The number of nitrogens with two attached hydrogens (primary N) is 1. The number of nitrogens with zero attached hydrogens (tertiary/aromatic N) is 5. The molecule has 2 aromatic carbocycles. The number of hydrogen-bond acceptors (Lipinski definition) is 8. The number of ether oxygens (including phenoxy) is 2. The fraction of sp³-hybridized carbons (Fsp3) is 0.167. The summed E-state index contributed by atoms with van der Waals surface area (Å²) in [4.78, 5) is 11.8. The lowest BCUT2D eigenvalue weighted by Gasteiger charge is -2.12. The molecule has 0 spiro atoms. The van der Waals surface area contributed by atoms with Crippen LogP contribution in [-0.2, 0) is 17.9 Å². The maximum Gasteiger partial charge on any atom is 0.261 e. The Labute approximate surface area is 181 Å². The second kappa shape index (κ2) is 9.90. The first-order chi connectivity index (χ1) is 14.5. The van der Waals surface area contributed by atoms with Crippen LogP contribution in [0.2, 0.25) is 10.0 Å². The quantitative estimate of drug-likeness (QED) is 0.398. The van der Waals surface area contributed by atoms with Gasteiger partial charge in [-0.2, -0.15) is 5.10 Å². The molecule has 1 amide bonds. The number of benzene rings is 2. The standard InChI is InChI=1S/C18H17Cl2N7O3/c1-29-16-6-11(8-22-23-17(28)9-27-18(21)24-25-26-27)2-5-15(16)30-10-12-3-4-13(19)7-14(12)20/h2-8H,9-10H2,1H3,(H,23,28)(H2,21,24,26)/b22-8+. The lowest BCUT2D eigenvalue weighted by Crippen LogP contribution is -2.24. The number of tetrazole rings is 1. The molecule has 0 unspecified atom stereocenters. The molecule has 0 bridgehead atoms. The molecule has 0 saturated heterocycles. The number of rotatable bonds is 8. The highest BCUT2D eigenvalue weighted by Crippen LogP contribution is 2.29. The van der Waals surface area contributed by atoms with Gasteiger partial charge >= 0.3 is 0 Å². The number of amides is 1. The van der Waals surface area contributed by atoms with Crippen molar-refractivity contribution in [3.8, 4) is 11.5 Å². The summed E-state index contributed by atoms with van der Waals surface area (Å²) in [6.45, 7) is 0.0929. The molecule has 3 aromatic rings. The first kappa shape index (κ1) is 21.3. The van der Waals surface area contributed by atoms with Gasteiger partial charge in [-0.15, -0.1) is 0 Å². The smallest absolute Gasteiger partial charge is 0.261 e. The molecule has 30 heavy (non-hydrogen) atoms. The van der Waals surface area contributed by atoms with Gasteiger partial charge in [0.05, 0.1) is 13.3 Å². The van der Waals surface area contributed by atoms with Crippen LogP contribution in [0, 0.1) is 0 Å². The molecular weight excluding hydrogens is 433 g/mol. The molecule has 10 nitrogen and oxygen atoms in total. The van der Waals surface area contributed by atoms with Crippen molar-refractivity contribution in [2.24, 2.45) is 5.10 Å². The number of methoxy groups -OCH3 is 1. The zero-order chi connectivity index (χ0) is 21.5. The Kier molecular flexibility index (Phi) is 7.04. The highest BCUT2D eigenvalue weighted by Gasteiger charge is 2.09. The molecule has 156 valence electrons. The summed E-state index contributed by atoms with van der Waals surface area (Å²) in [6, 6.07) is 10.4. The Bertz CT molecular complexity index is 1070. The van der Waals surface area contributed by atoms with E-state index in [1.807, 2.05) is 0 Å². The van der Waals surface area contributed by atoms with Crippen LogP contribution in [0.15, 0.2) is 41.5 Å². The van der Waals surface area contributed by atoms with E-state index in [9.17, 15) is 4.79 Å². The van der Waals surface area contributed by atoms with E-state index in [1.54, 1.807) is 36.4 Å². The Morgan fingerprint density at radius 3 is 2.80 bits per heavy atom. The minimum atomic E-state index is -0.433. The second-order valence-electron chi connectivity index (χ2n) is 5.92. The fourth-order valence-electron chi connectivity index (χ4n) is 2.35. The minimum absolute atomic E-state index is 0.0364. The van der Waals surface area contributed by atoms with Crippen LogP contribution >= 0.6 is 23.2 Å². The maximum absolute atomic E-state index is 11.8. The molecular formula is C18H17Cl2N7O3. The predicted octanol–water partition coefficient (Wildman–Crippen LogP) is 2.30. The first-order valence-corrected chi connectivity index (χ1v) is 9.30. The number of nitrogens with one attached hydrogen (secondary N) is 1. The molecule has 0 radical (unpaired) electrons. The summed E-state index contributed by atoms with van der Waals surface area (Å²) in [5.74, 6) is 0.627. The van der Waals surface area contributed by atoms with E-state index >= 15 is 0 Å². The van der Waals surface area contributed by atoms with Crippen molar-refractivity contribution in [2.45, 2.75) is 13.2 Å². The van der Waals surface area contributed by atoms with Crippen molar-refractivity contribution in [3.63, 3.8) is 0 Å². The van der Waals surface area contributed by atoms with Gasteiger partial charge < -0.3 is 15.2 Å². The molecule has 12 heteroatoms. The average molecular weight is 450 g/mol. The first-order valence-electron chi connectivity index (χ1n) is 8.54. The third-order valence-electron chi connectivity index (χ3n) is 3.84. The minimum Gasteiger partial charge on any atom is -0.493 e. The normalized spacial score (nSPS) is 10.9. The number of hydrogen-bond donors (Lipinski definition) is 2. The Morgan fingerprint density at radius 1 is 1.27 bits per heavy atom. The summed E-state index contributed by atoms with van der Waals surface area (Å²) < 4.78 is 12.3. The third-order valence-corrected chi connectivity index (χ3v) is 4.43. The molecule has 3 N–H and O–H groups in total. The topological polar surface area (TPSA) is 130 Å². The van der Waals surface area contributed by atoms with Crippen molar-refractivity contribution in [1.29, 1.82) is 0 Å². The Morgan fingerprint density at radius 2 is 2.10 bits per heavy atom. The number of aromatic nitrogens is 4. The zero-order valence-corrected chi connectivity index (χ0v) is 17.3. The molecule has 0 aliphatic heterocycles.